The van der Waals surface area contributed by atoms with Crippen molar-refractivity contribution >= 4 is 0 Å². The second-order valence-electron chi connectivity index (χ2n) is 4.25. The number of pyridine rings is 1. The molecular weight excluding hydrogens is 224 g/mol. The predicted molar refractivity (Wildman–Crippen MR) is 72.5 cm³/mol. The Hall–Kier alpha value is -1.87. The molecule has 1 aromatic heterocycles. The molecule has 0 saturated carbocycles. The number of aromatic nitrogens is 1. The SMILES string of the molecule is CC(N)c1ccccc1OCCc1ccccn1. The molecule has 0 radical (unpaired) electrons. The highest BCUT2D eigenvalue weighted by Gasteiger charge is 2.06. The summed E-state index contributed by atoms with van der Waals surface area (Å²) in [5.74, 6) is 0.864. The molecule has 0 saturated heterocycles. The maximum atomic E-state index is 5.91. The van der Waals surface area contributed by atoms with Crippen LogP contribution in [-0.4, -0.2) is 11.6 Å². The van der Waals surface area contributed by atoms with Gasteiger partial charge in [0.2, 0.25) is 0 Å². The molecule has 1 atom stereocenters. The molecule has 2 rings (SSSR count). The van der Waals surface area contributed by atoms with Crippen molar-refractivity contribution in [1.82, 2.24) is 4.98 Å². The Morgan fingerprint density at radius 2 is 1.94 bits per heavy atom. The Bertz CT molecular complexity index is 483. The molecule has 3 heteroatoms. The average molecular weight is 242 g/mol. The van der Waals surface area contributed by atoms with Gasteiger partial charge in [-0.05, 0) is 25.1 Å². The topological polar surface area (TPSA) is 48.1 Å². The van der Waals surface area contributed by atoms with Crippen LogP contribution >= 0.6 is 0 Å². The summed E-state index contributed by atoms with van der Waals surface area (Å²) in [6.07, 6.45) is 2.60. The smallest absolute Gasteiger partial charge is 0.124 e. The lowest BCUT2D eigenvalue weighted by Gasteiger charge is -2.13. The monoisotopic (exact) mass is 242 g/mol. The first-order valence-corrected chi connectivity index (χ1v) is 6.14. The van der Waals surface area contributed by atoms with Crippen molar-refractivity contribution in [1.29, 1.82) is 0 Å². The molecule has 1 heterocycles. The van der Waals surface area contributed by atoms with Crippen molar-refractivity contribution in [2.75, 3.05) is 6.61 Å². The Balaban J connectivity index is 1.94. The number of hydrogen-bond donors (Lipinski definition) is 1. The van der Waals surface area contributed by atoms with E-state index in [9.17, 15) is 0 Å². The van der Waals surface area contributed by atoms with Crippen molar-refractivity contribution in [2.45, 2.75) is 19.4 Å². The van der Waals surface area contributed by atoms with Gasteiger partial charge in [0, 0.05) is 29.9 Å². The normalized spacial score (nSPS) is 12.1. The zero-order valence-corrected chi connectivity index (χ0v) is 10.5. The van der Waals surface area contributed by atoms with E-state index >= 15 is 0 Å². The quantitative estimate of drug-likeness (QED) is 0.877. The summed E-state index contributed by atoms with van der Waals surface area (Å²) in [5.41, 5.74) is 7.98. The first kappa shape index (κ1) is 12.6. The van der Waals surface area contributed by atoms with E-state index in [4.69, 9.17) is 10.5 Å². The number of rotatable bonds is 5. The van der Waals surface area contributed by atoms with Crippen LogP contribution in [0.25, 0.3) is 0 Å². The second-order valence-corrected chi connectivity index (χ2v) is 4.25. The molecule has 0 fully saturated rings. The minimum Gasteiger partial charge on any atom is -0.493 e. The van der Waals surface area contributed by atoms with E-state index in [0.717, 1.165) is 23.4 Å². The molecule has 0 amide bonds. The summed E-state index contributed by atoms with van der Waals surface area (Å²) >= 11 is 0. The molecule has 2 aromatic rings. The fourth-order valence-corrected chi connectivity index (χ4v) is 1.80. The summed E-state index contributed by atoms with van der Waals surface area (Å²) in [5, 5.41) is 0. The Morgan fingerprint density at radius 1 is 1.17 bits per heavy atom. The molecular formula is C15H18N2O. The number of benzene rings is 1. The van der Waals surface area contributed by atoms with Gasteiger partial charge in [-0.2, -0.15) is 0 Å². The highest BCUT2D eigenvalue weighted by molar-refractivity contribution is 5.35. The second kappa shape index (κ2) is 6.17. The Morgan fingerprint density at radius 3 is 2.67 bits per heavy atom. The third-order valence-electron chi connectivity index (χ3n) is 2.75. The lowest BCUT2D eigenvalue weighted by atomic mass is 10.1. The van der Waals surface area contributed by atoms with E-state index in [0.29, 0.717) is 6.61 Å². The summed E-state index contributed by atoms with van der Waals surface area (Å²) in [7, 11) is 0. The summed E-state index contributed by atoms with van der Waals surface area (Å²) in [6.45, 7) is 2.57. The zero-order chi connectivity index (χ0) is 12.8. The van der Waals surface area contributed by atoms with Crippen LogP contribution in [0.4, 0.5) is 0 Å². The van der Waals surface area contributed by atoms with Crippen molar-refractivity contribution < 1.29 is 4.74 Å². The van der Waals surface area contributed by atoms with Crippen molar-refractivity contribution in [3.8, 4) is 5.75 Å². The zero-order valence-electron chi connectivity index (χ0n) is 10.5. The van der Waals surface area contributed by atoms with Gasteiger partial charge in [-0.3, -0.25) is 4.98 Å². The van der Waals surface area contributed by atoms with Gasteiger partial charge in [-0.15, -0.1) is 0 Å². The molecule has 0 bridgehead atoms. The number of nitrogens with two attached hydrogens (primary N) is 1. The Kier molecular flexibility index (Phi) is 4.31. The molecule has 0 aliphatic rings. The van der Waals surface area contributed by atoms with Gasteiger partial charge in [0.05, 0.1) is 6.61 Å². The standard InChI is InChI=1S/C15H18N2O/c1-12(16)14-7-2-3-8-15(14)18-11-9-13-6-4-5-10-17-13/h2-8,10,12H,9,11,16H2,1H3. The maximum absolute atomic E-state index is 5.91. The van der Waals surface area contributed by atoms with Gasteiger partial charge in [-0.1, -0.05) is 24.3 Å². The fourth-order valence-electron chi connectivity index (χ4n) is 1.80. The van der Waals surface area contributed by atoms with Crippen LogP contribution in [-0.2, 0) is 6.42 Å². The van der Waals surface area contributed by atoms with Crippen LogP contribution in [0, 0.1) is 0 Å². The van der Waals surface area contributed by atoms with Crippen LogP contribution in [0.2, 0.25) is 0 Å². The first-order valence-electron chi connectivity index (χ1n) is 6.14. The van der Waals surface area contributed by atoms with Crippen molar-refractivity contribution in [3.05, 3.63) is 59.9 Å². The number of ether oxygens (including phenoxy) is 1. The minimum atomic E-state index is -0.0175. The molecule has 0 spiro atoms. The van der Waals surface area contributed by atoms with Gasteiger partial charge in [-0.25, -0.2) is 0 Å². The number of para-hydroxylation sites is 1. The summed E-state index contributed by atoms with van der Waals surface area (Å²) in [4.78, 5) is 4.26. The third kappa shape index (κ3) is 3.31. The Labute approximate surface area is 108 Å². The van der Waals surface area contributed by atoms with E-state index in [1.54, 1.807) is 6.20 Å². The van der Waals surface area contributed by atoms with E-state index in [1.807, 2.05) is 49.4 Å². The van der Waals surface area contributed by atoms with Crippen LogP contribution in [0.15, 0.2) is 48.7 Å². The molecule has 0 aliphatic heterocycles. The number of hydrogen-bond acceptors (Lipinski definition) is 3. The van der Waals surface area contributed by atoms with E-state index < -0.39 is 0 Å². The number of nitrogens with zero attached hydrogens (tertiary/aromatic N) is 1. The highest BCUT2D eigenvalue weighted by atomic mass is 16.5. The molecule has 1 unspecified atom stereocenters. The molecule has 94 valence electrons. The summed E-state index contributed by atoms with van der Waals surface area (Å²) < 4.78 is 5.78. The summed E-state index contributed by atoms with van der Waals surface area (Å²) in [6, 6.07) is 13.8. The largest absolute Gasteiger partial charge is 0.493 e. The van der Waals surface area contributed by atoms with Gasteiger partial charge in [0.1, 0.15) is 5.75 Å². The lowest BCUT2D eigenvalue weighted by molar-refractivity contribution is 0.315. The van der Waals surface area contributed by atoms with Crippen LogP contribution in [0.5, 0.6) is 5.75 Å². The third-order valence-corrected chi connectivity index (χ3v) is 2.75. The molecule has 3 nitrogen and oxygen atoms in total. The minimum absolute atomic E-state index is 0.0175. The maximum Gasteiger partial charge on any atom is 0.124 e. The fraction of sp³-hybridized carbons (Fsp3) is 0.267. The van der Waals surface area contributed by atoms with Gasteiger partial charge in [0.15, 0.2) is 0 Å². The van der Waals surface area contributed by atoms with Gasteiger partial charge < -0.3 is 10.5 Å². The van der Waals surface area contributed by atoms with Crippen molar-refractivity contribution in [2.24, 2.45) is 5.73 Å². The molecule has 1 aromatic carbocycles. The van der Waals surface area contributed by atoms with E-state index in [1.165, 1.54) is 0 Å². The molecule has 18 heavy (non-hydrogen) atoms. The van der Waals surface area contributed by atoms with Crippen LogP contribution < -0.4 is 10.5 Å². The lowest BCUT2D eigenvalue weighted by Crippen LogP contribution is -2.09. The molecule has 0 aliphatic carbocycles. The molecule has 2 N–H and O–H groups in total. The predicted octanol–water partition coefficient (Wildman–Crippen LogP) is 2.72. The van der Waals surface area contributed by atoms with Gasteiger partial charge >= 0.3 is 0 Å². The average Bonchev–Trinajstić information content (AvgIpc) is 2.40. The highest BCUT2D eigenvalue weighted by Crippen LogP contribution is 2.23. The van der Waals surface area contributed by atoms with Crippen LogP contribution in [0.1, 0.15) is 24.2 Å². The van der Waals surface area contributed by atoms with Gasteiger partial charge in [0.25, 0.3) is 0 Å². The first-order chi connectivity index (χ1) is 8.77. The van der Waals surface area contributed by atoms with E-state index in [2.05, 4.69) is 4.98 Å². The van der Waals surface area contributed by atoms with Crippen molar-refractivity contribution in [3.63, 3.8) is 0 Å². The van der Waals surface area contributed by atoms with Crippen LogP contribution in [0.3, 0.4) is 0 Å². The van der Waals surface area contributed by atoms with E-state index in [-0.39, 0.29) is 6.04 Å².